The summed E-state index contributed by atoms with van der Waals surface area (Å²) in [5.41, 5.74) is 2.33. The van der Waals surface area contributed by atoms with E-state index in [0.29, 0.717) is 18.8 Å². The molecule has 0 unspecified atom stereocenters. The smallest absolute Gasteiger partial charge is 0.272 e. The monoisotopic (exact) mass is 275 g/mol. The average Bonchev–Trinajstić information content (AvgIpc) is 2.46. The van der Waals surface area contributed by atoms with Crippen LogP contribution >= 0.6 is 0 Å². The van der Waals surface area contributed by atoms with Crippen LogP contribution in [0.5, 0.6) is 0 Å². The van der Waals surface area contributed by atoms with Gasteiger partial charge in [0.05, 0.1) is 17.6 Å². The van der Waals surface area contributed by atoms with E-state index in [1.54, 1.807) is 14.0 Å². The fourth-order valence-corrected chi connectivity index (χ4v) is 2.20. The highest BCUT2D eigenvalue weighted by atomic mass is 16.5. The number of methoxy groups -OCH3 is 1. The van der Waals surface area contributed by atoms with Gasteiger partial charge in [0, 0.05) is 20.2 Å². The van der Waals surface area contributed by atoms with Crippen molar-refractivity contribution in [2.45, 2.75) is 19.9 Å². The second-order valence-electron chi connectivity index (χ2n) is 4.74. The van der Waals surface area contributed by atoms with E-state index in [4.69, 9.17) is 4.74 Å². The lowest BCUT2D eigenvalue weighted by Gasteiger charge is -2.11. The third kappa shape index (κ3) is 3.43. The van der Waals surface area contributed by atoms with Gasteiger partial charge in [0.25, 0.3) is 5.56 Å². The minimum Gasteiger partial charge on any atom is -0.383 e. The second-order valence-corrected chi connectivity index (χ2v) is 4.74. The summed E-state index contributed by atoms with van der Waals surface area (Å²) in [4.78, 5) is 16.5. The van der Waals surface area contributed by atoms with Crippen molar-refractivity contribution in [2.75, 3.05) is 26.8 Å². The number of rotatable bonds is 7. The van der Waals surface area contributed by atoms with E-state index >= 15 is 0 Å². The van der Waals surface area contributed by atoms with Crippen LogP contribution in [0.4, 0.5) is 0 Å². The number of aryl methyl sites for hydroxylation is 2. The molecule has 0 aliphatic carbocycles. The maximum Gasteiger partial charge on any atom is 0.272 e. The first-order valence-electron chi connectivity index (χ1n) is 6.90. The van der Waals surface area contributed by atoms with Crippen molar-refractivity contribution in [3.63, 3.8) is 0 Å². The summed E-state index contributed by atoms with van der Waals surface area (Å²) in [7, 11) is 1.69. The number of ether oxygens (including phenoxy) is 1. The Balaban J connectivity index is 2.09. The van der Waals surface area contributed by atoms with Gasteiger partial charge in [0.2, 0.25) is 0 Å². The largest absolute Gasteiger partial charge is 0.383 e. The van der Waals surface area contributed by atoms with E-state index in [1.807, 2.05) is 28.8 Å². The van der Waals surface area contributed by atoms with Crippen LogP contribution in [0.25, 0.3) is 11.0 Å². The van der Waals surface area contributed by atoms with E-state index in [-0.39, 0.29) is 5.56 Å². The van der Waals surface area contributed by atoms with Crippen LogP contribution in [0, 0.1) is 6.92 Å². The lowest BCUT2D eigenvalue weighted by molar-refractivity contribution is 0.199. The highest BCUT2D eigenvalue weighted by molar-refractivity contribution is 5.74. The van der Waals surface area contributed by atoms with E-state index in [0.717, 1.165) is 30.5 Å². The third-order valence-corrected chi connectivity index (χ3v) is 3.23. The molecule has 0 spiro atoms. The number of para-hydroxylation sites is 2. The van der Waals surface area contributed by atoms with Crippen molar-refractivity contribution >= 4 is 11.0 Å². The van der Waals surface area contributed by atoms with Gasteiger partial charge in [-0.2, -0.15) is 0 Å². The average molecular weight is 275 g/mol. The Labute approximate surface area is 118 Å². The summed E-state index contributed by atoms with van der Waals surface area (Å²) in [6.07, 6.45) is 0.900. The maximum atomic E-state index is 12.2. The Morgan fingerprint density at radius 3 is 2.90 bits per heavy atom. The second kappa shape index (κ2) is 7.17. The van der Waals surface area contributed by atoms with Crippen LogP contribution in [0.3, 0.4) is 0 Å². The van der Waals surface area contributed by atoms with Gasteiger partial charge in [-0.25, -0.2) is 4.98 Å². The Morgan fingerprint density at radius 2 is 2.10 bits per heavy atom. The quantitative estimate of drug-likeness (QED) is 0.775. The van der Waals surface area contributed by atoms with Gasteiger partial charge in [0.15, 0.2) is 0 Å². The first-order valence-corrected chi connectivity index (χ1v) is 6.90. The molecule has 0 saturated heterocycles. The summed E-state index contributed by atoms with van der Waals surface area (Å²) in [6.45, 7) is 4.87. The molecule has 0 aliphatic rings. The first kappa shape index (κ1) is 14.7. The minimum atomic E-state index is 0.000548. The van der Waals surface area contributed by atoms with Gasteiger partial charge in [-0.05, 0) is 32.0 Å². The zero-order valence-corrected chi connectivity index (χ0v) is 12.1. The number of aromatic nitrogens is 2. The molecule has 0 bridgehead atoms. The minimum absolute atomic E-state index is 0.000548. The molecular formula is C15H21N3O2. The molecule has 0 aliphatic heterocycles. The molecule has 1 heterocycles. The van der Waals surface area contributed by atoms with Crippen LogP contribution in [0.2, 0.25) is 0 Å². The molecule has 2 rings (SSSR count). The normalized spacial score (nSPS) is 11.1. The lowest BCUT2D eigenvalue weighted by atomic mass is 10.2. The summed E-state index contributed by atoms with van der Waals surface area (Å²) in [5.74, 6) is 0. The van der Waals surface area contributed by atoms with Crippen molar-refractivity contribution in [1.82, 2.24) is 14.9 Å². The van der Waals surface area contributed by atoms with Crippen molar-refractivity contribution in [2.24, 2.45) is 0 Å². The zero-order chi connectivity index (χ0) is 14.4. The van der Waals surface area contributed by atoms with Gasteiger partial charge < -0.3 is 14.6 Å². The molecule has 0 saturated carbocycles. The molecule has 20 heavy (non-hydrogen) atoms. The number of benzene rings is 1. The summed E-state index contributed by atoms with van der Waals surface area (Å²) >= 11 is 0. The number of nitrogens with zero attached hydrogens (tertiary/aromatic N) is 2. The summed E-state index contributed by atoms with van der Waals surface area (Å²) < 4.78 is 6.79. The molecule has 1 aromatic carbocycles. The van der Waals surface area contributed by atoms with E-state index < -0.39 is 0 Å². The van der Waals surface area contributed by atoms with Gasteiger partial charge >= 0.3 is 0 Å². The maximum absolute atomic E-state index is 12.2. The van der Waals surface area contributed by atoms with Crippen molar-refractivity contribution in [3.8, 4) is 0 Å². The van der Waals surface area contributed by atoms with E-state index in [1.165, 1.54) is 0 Å². The zero-order valence-electron chi connectivity index (χ0n) is 12.1. The number of nitrogens with one attached hydrogen (secondary N) is 1. The van der Waals surface area contributed by atoms with Crippen LogP contribution in [-0.2, 0) is 11.3 Å². The molecular weight excluding hydrogens is 254 g/mol. The first-order chi connectivity index (χ1) is 9.74. The molecule has 0 atom stereocenters. The highest BCUT2D eigenvalue weighted by Crippen LogP contribution is 2.09. The molecule has 0 amide bonds. The van der Waals surface area contributed by atoms with Crippen LogP contribution < -0.4 is 10.9 Å². The Kier molecular flexibility index (Phi) is 5.26. The van der Waals surface area contributed by atoms with Gasteiger partial charge in [-0.3, -0.25) is 4.79 Å². The number of hydrogen-bond acceptors (Lipinski definition) is 4. The highest BCUT2D eigenvalue weighted by Gasteiger charge is 2.06. The van der Waals surface area contributed by atoms with E-state index in [9.17, 15) is 4.79 Å². The summed E-state index contributed by atoms with van der Waals surface area (Å²) in [6, 6.07) is 7.76. The van der Waals surface area contributed by atoms with E-state index in [2.05, 4.69) is 10.3 Å². The van der Waals surface area contributed by atoms with Gasteiger partial charge in [-0.1, -0.05) is 12.1 Å². The number of fused-ring (bicyclic) bond motifs is 1. The Morgan fingerprint density at radius 1 is 1.30 bits per heavy atom. The molecule has 0 fully saturated rings. The Hall–Kier alpha value is -1.72. The molecule has 108 valence electrons. The lowest BCUT2D eigenvalue weighted by Crippen LogP contribution is -2.27. The molecule has 5 nitrogen and oxygen atoms in total. The molecule has 2 aromatic rings. The topological polar surface area (TPSA) is 56.1 Å². The fraction of sp³-hybridized carbons (Fsp3) is 0.467. The number of hydrogen-bond donors (Lipinski definition) is 1. The SMILES string of the molecule is COCCNCCCn1c(=O)c(C)nc2ccccc21. The Bertz CT molecular complexity index is 622. The standard InChI is InChI=1S/C15H21N3O2/c1-12-15(19)18(10-5-8-16-9-11-20-2)14-7-4-3-6-13(14)17-12/h3-4,6-7,16H,5,8-11H2,1-2H3. The van der Waals surface area contributed by atoms with Crippen LogP contribution in [-0.4, -0.2) is 36.4 Å². The van der Waals surface area contributed by atoms with Gasteiger partial charge in [0.1, 0.15) is 5.69 Å². The van der Waals surface area contributed by atoms with Crippen LogP contribution in [0.15, 0.2) is 29.1 Å². The van der Waals surface area contributed by atoms with Crippen molar-refractivity contribution < 1.29 is 4.74 Å². The molecule has 1 aromatic heterocycles. The van der Waals surface area contributed by atoms with Crippen molar-refractivity contribution in [3.05, 3.63) is 40.3 Å². The fourth-order valence-electron chi connectivity index (χ4n) is 2.20. The predicted molar refractivity (Wildman–Crippen MR) is 80.1 cm³/mol. The third-order valence-electron chi connectivity index (χ3n) is 3.23. The van der Waals surface area contributed by atoms with Gasteiger partial charge in [-0.15, -0.1) is 0 Å². The predicted octanol–water partition coefficient (Wildman–Crippen LogP) is 1.33. The van der Waals surface area contributed by atoms with Crippen LogP contribution in [0.1, 0.15) is 12.1 Å². The molecule has 1 N–H and O–H groups in total. The summed E-state index contributed by atoms with van der Waals surface area (Å²) in [5, 5.41) is 3.28. The molecule has 0 radical (unpaired) electrons. The van der Waals surface area contributed by atoms with Crippen molar-refractivity contribution in [1.29, 1.82) is 0 Å². The molecule has 5 heteroatoms.